The van der Waals surface area contributed by atoms with Crippen LogP contribution in [-0.4, -0.2) is 60.1 Å². The maximum atomic E-state index is 14.8. The second-order valence-corrected chi connectivity index (χ2v) is 8.23. The highest BCUT2D eigenvalue weighted by Crippen LogP contribution is 2.23. The van der Waals surface area contributed by atoms with Gasteiger partial charge in [0, 0.05) is 18.3 Å². The molecule has 5 rings (SSSR count). The summed E-state index contributed by atoms with van der Waals surface area (Å²) in [6.45, 7) is 5.52. The fourth-order valence-electron chi connectivity index (χ4n) is 4.12. The first-order chi connectivity index (χ1) is 14.9. The number of rotatable bonds is 3. The number of carbonyl (C=O) groups excluding carboxylic acids is 1. The van der Waals surface area contributed by atoms with Gasteiger partial charge in [0.15, 0.2) is 17.1 Å². The number of halogens is 1. The predicted octanol–water partition coefficient (Wildman–Crippen LogP) is 2.48. The van der Waals surface area contributed by atoms with E-state index in [-0.39, 0.29) is 23.4 Å². The zero-order valence-electron chi connectivity index (χ0n) is 17.6. The van der Waals surface area contributed by atoms with Crippen molar-refractivity contribution in [2.24, 2.45) is 5.92 Å². The standard InChI is InChI=1S/C21H23FN8O/c1-12-7-17(26-29-9-13(2)23-18(12)29)15-8-16(22)19-24-21(27-30(19)11-15)25-20(31)14-5-4-6-28(3)10-14/h7-9,11,14H,4-6,10H2,1-3H3,(H,25,27,31)/t14-/m0/s1. The van der Waals surface area contributed by atoms with Crippen molar-refractivity contribution in [3.63, 3.8) is 0 Å². The van der Waals surface area contributed by atoms with Gasteiger partial charge in [-0.3, -0.25) is 10.1 Å². The molecule has 0 radical (unpaired) electrons. The van der Waals surface area contributed by atoms with Gasteiger partial charge in [0.05, 0.1) is 23.5 Å². The minimum atomic E-state index is -0.538. The van der Waals surface area contributed by atoms with Crippen LogP contribution in [0.1, 0.15) is 24.1 Å². The van der Waals surface area contributed by atoms with Gasteiger partial charge < -0.3 is 4.90 Å². The molecule has 0 bridgehead atoms. The van der Waals surface area contributed by atoms with E-state index in [4.69, 9.17) is 0 Å². The van der Waals surface area contributed by atoms with Gasteiger partial charge in [-0.25, -0.2) is 18.4 Å². The average molecular weight is 422 g/mol. The predicted molar refractivity (Wildman–Crippen MR) is 113 cm³/mol. The van der Waals surface area contributed by atoms with E-state index in [9.17, 15) is 9.18 Å². The van der Waals surface area contributed by atoms with Gasteiger partial charge in [-0.05, 0) is 58.0 Å². The summed E-state index contributed by atoms with van der Waals surface area (Å²) in [6, 6.07) is 3.24. The summed E-state index contributed by atoms with van der Waals surface area (Å²) >= 11 is 0. The van der Waals surface area contributed by atoms with E-state index >= 15 is 0 Å². The van der Waals surface area contributed by atoms with Gasteiger partial charge in [-0.2, -0.15) is 10.1 Å². The molecule has 4 aromatic rings. The molecule has 0 unspecified atom stereocenters. The number of hydrogen-bond donors (Lipinski definition) is 1. The topological polar surface area (TPSA) is 92.7 Å². The van der Waals surface area contributed by atoms with E-state index in [1.807, 2.05) is 33.2 Å². The Kier molecular flexibility index (Phi) is 4.66. The van der Waals surface area contributed by atoms with Gasteiger partial charge in [-0.1, -0.05) is 0 Å². The Morgan fingerprint density at radius 2 is 1.94 bits per heavy atom. The highest BCUT2D eigenvalue weighted by atomic mass is 19.1. The fraction of sp³-hybridized carbons (Fsp3) is 0.381. The van der Waals surface area contributed by atoms with Crippen molar-refractivity contribution in [2.75, 3.05) is 25.5 Å². The number of hydrogen-bond acceptors (Lipinski definition) is 6. The summed E-state index contributed by atoms with van der Waals surface area (Å²) in [5, 5.41) is 11.6. The lowest BCUT2D eigenvalue weighted by molar-refractivity contribution is -0.121. The highest BCUT2D eigenvalue weighted by molar-refractivity contribution is 5.91. The number of carbonyl (C=O) groups is 1. The van der Waals surface area contributed by atoms with Crippen LogP contribution in [0.15, 0.2) is 24.5 Å². The maximum Gasteiger partial charge on any atom is 0.249 e. The Morgan fingerprint density at radius 3 is 2.74 bits per heavy atom. The van der Waals surface area contributed by atoms with Crippen LogP contribution in [0.3, 0.4) is 0 Å². The fourth-order valence-corrected chi connectivity index (χ4v) is 4.12. The van der Waals surface area contributed by atoms with Crippen LogP contribution in [0.25, 0.3) is 22.6 Å². The van der Waals surface area contributed by atoms with Crippen molar-refractivity contribution >= 4 is 23.1 Å². The van der Waals surface area contributed by atoms with Crippen LogP contribution in [0.2, 0.25) is 0 Å². The summed E-state index contributed by atoms with van der Waals surface area (Å²) in [5.74, 6) is -0.701. The van der Waals surface area contributed by atoms with Gasteiger partial charge in [-0.15, -0.1) is 5.10 Å². The molecule has 5 heterocycles. The number of aryl methyl sites for hydroxylation is 2. The van der Waals surface area contributed by atoms with E-state index in [2.05, 4.69) is 30.4 Å². The van der Waals surface area contributed by atoms with Crippen LogP contribution in [0, 0.1) is 25.6 Å². The minimum absolute atomic E-state index is 0.0519. The number of imidazole rings is 1. The zero-order valence-corrected chi connectivity index (χ0v) is 17.6. The Balaban J connectivity index is 1.46. The molecular weight excluding hydrogens is 399 g/mol. The van der Waals surface area contributed by atoms with E-state index in [1.54, 1.807) is 10.7 Å². The molecule has 1 amide bonds. The Hall–Kier alpha value is -3.40. The van der Waals surface area contributed by atoms with Crippen molar-refractivity contribution in [1.82, 2.24) is 34.1 Å². The molecule has 160 valence electrons. The largest absolute Gasteiger partial charge is 0.306 e. The molecular formula is C21H23FN8O. The van der Waals surface area contributed by atoms with Crippen LogP contribution >= 0.6 is 0 Å². The summed E-state index contributed by atoms with van der Waals surface area (Å²) in [5.41, 5.74) is 3.75. The van der Waals surface area contributed by atoms with E-state index in [1.165, 1.54) is 10.6 Å². The number of nitrogens with one attached hydrogen (secondary N) is 1. The molecule has 4 aromatic heterocycles. The number of anilines is 1. The Labute approximate surface area is 177 Å². The summed E-state index contributed by atoms with van der Waals surface area (Å²) in [7, 11) is 2.00. The number of amides is 1. The SMILES string of the molecule is Cc1cn2nc(-c3cc(F)c4nc(NC(=O)[C@H]5CCCN(C)C5)nn4c3)cc(C)c2n1. The summed E-state index contributed by atoms with van der Waals surface area (Å²) in [6.07, 6.45) is 5.28. The van der Waals surface area contributed by atoms with Gasteiger partial charge in [0.2, 0.25) is 11.9 Å². The zero-order chi connectivity index (χ0) is 21.7. The number of pyridine rings is 1. The second-order valence-electron chi connectivity index (χ2n) is 8.23. The van der Waals surface area contributed by atoms with E-state index in [0.29, 0.717) is 17.8 Å². The normalized spacial score (nSPS) is 17.5. The number of likely N-dealkylation sites (tertiary alicyclic amines) is 1. The molecule has 0 saturated carbocycles. The Morgan fingerprint density at radius 1 is 1.13 bits per heavy atom. The van der Waals surface area contributed by atoms with Crippen molar-refractivity contribution in [1.29, 1.82) is 0 Å². The van der Waals surface area contributed by atoms with E-state index < -0.39 is 5.82 Å². The molecule has 0 spiro atoms. The highest BCUT2D eigenvalue weighted by Gasteiger charge is 2.25. The quantitative estimate of drug-likeness (QED) is 0.545. The van der Waals surface area contributed by atoms with Crippen LogP contribution in [0.4, 0.5) is 10.3 Å². The lowest BCUT2D eigenvalue weighted by atomic mass is 9.98. The molecule has 1 N–H and O–H groups in total. The van der Waals surface area contributed by atoms with Gasteiger partial charge >= 0.3 is 0 Å². The van der Waals surface area contributed by atoms with E-state index in [0.717, 1.165) is 36.3 Å². The number of fused-ring (bicyclic) bond motifs is 2. The van der Waals surface area contributed by atoms with Crippen molar-refractivity contribution in [2.45, 2.75) is 26.7 Å². The molecule has 31 heavy (non-hydrogen) atoms. The molecule has 9 nitrogen and oxygen atoms in total. The van der Waals surface area contributed by atoms with Gasteiger partial charge in [0.1, 0.15) is 0 Å². The molecule has 0 aromatic carbocycles. The van der Waals surface area contributed by atoms with Crippen LogP contribution in [0.5, 0.6) is 0 Å². The second kappa shape index (κ2) is 7.38. The summed E-state index contributed by atoms with van der Waals surface area (Å²) < 4.78 is 17.8. The van der Waals surface area contributed by atoms with Crippen molar-refractivity contribution in [3.05, 3.63) is 41.6 Å². The smallest absolute Gasteiger partial charge is 0.249 e. The maximum absolute atomic E-state index is 14.8. The lowest BCUT2D eigenvalue weighted by Crippen LogP contribution is -2.38. The minimum Gasteiger partial charge on any atom is -0.306 e. The monoisotopic (exact) mass is 422 g/mol. The molecule has 1 fully saturated rings. The van der Waals surface area contributed by atoms with Gasteiger partial charge in [0.25, 0.3) is 0 Å². The Bertz CT molecular complexity index is 1310. The molecule has 1 aliphatic heterocycles. The first-order valence-electron chi connectivity index (χ1n) is 10.3. The molecule has 1 saturated heterocycles. The van der Waals surface area contributed by atoms with Crippen LogP contribution < -0.4 is 5.32 Å². The third-order valence-corrected chi connectivity index (χ3v) is 5.64. The van der Waals surface area contributed by atoms with Crippen molar-refractivity contribution < 1.29 is 9.18 Å². The average Bonchev–Trinajstić information content (AvgIpc) is 3.30. The number of nitrogens with zero attached hydrogens (tertiary/aromatic N) is 7. The number of piperidine rings is 1. The number of aromatic nitrogens is 6. The molecule has 0 aliphatic carbocycles. The first-order valence-corrected chi connectivity index (χ1v) is 10.3. The molecule has 1 atom stereocenters. The van der Waals surface area contributed by atoms with Crippen LogP contribution in [-0.2, 0) is 4.79 Å². The molecule has 1 aliphatic rings. The lowest BCUT2D eigenvalue weighted by Gasteiger charge is -2.28. The first kappa shape index (κ1) is 19.6. The van der Waals surface area contributed by atoms with Crippen molar-refractivity contribution in [3.8, 4) is 11.3 Å². The third kappa shape index (κ3) is 3.63. The third-order valence-electron chi connectivity index (χ3n) is 5.64. The summed E-state index contributed by atoms with van der Waals surface area (Å²) in [4.78, 5) is 23.3. The molecule has 10 heteroatoms.